The average molecular weight is 390 g/mol. The highest BCUT2D eigenvalue weighted by molar-refractivity contribution is 5.80. The Hall–Kier alpha value is -2.65. The van der Waals surface area contributed by atoms with Crippen LogP contribution in [-0.4, -0.2) is 79.2 Å². The van der Waals surface area contributed by atoms with Crippen molar-refractivity contribution in [1.82, 2.24) is 19.7 Å². The van der Waals surface area contributed by atoms with Gasteiger partial charge < -0.3 is 24.3 Å². The minimum atomic E-state index is -0.546. The molecular formula is C19H26N4O5. The number of para-hydroxylation sites is 2. The van der Waals surface area contributed by atoms with Gasteiger partial charge in [-0.2, -0.15) is 0 Å². The molecule has 1 aliphatic rings. The Morgan fingerprint density at radius 3 is 2.86 bits per heavy atom. The van der Waals surface area contributed by atoms with Crippen molar-refractivity contribution in [2.45, 2.75) is 19.0 Å². The van der Waals surface area contributed by atoms with Crippen molar-refractivity contribution in [1.29, 1.82) is 0 Å². The fourth-order valence-electron chi connectivity index (χ4n) is 3.33. The summed E-state index contributed by atoms with van der Waals surface area (Å²) in [5.41, 5.74) is 1.06. The average Bonchev–Trinajstić information content (AvgIpc) is 2.97. The molecule has 0 radical (unpaired) electrons. The van der Waals surface area contributed by atoms with Crippen LogP contribution in [0.25, 0.3) is 11.1 Å². The van der Waals surface area contributed by atoms with Gasteiger partial charge in [-0.05, 0) is 32.6 Å². The van der Waals surface area contributed by atoms with E-state index in [1.165, 1.54) is 4.57 Å². The van der Waals surface area contributed by atoms with Crippen LogP contribution in [0.4, 0.5) is 0 Å². The third-order valence-corrected chi connectivity index (χ3v) is 4.67. The molecule has 9 heteroatoms. The highest BCUT2D eigenvalue weighted by Gasteiger charge is 2.28. The Bertz CT molecular complexity index is 888. The van der Waals surface area contributed by atoms with Crippen molar-refractivity contribution in [3.63, 3.8) is 0 Å². The van der Waals surface area contributed by atoms with Crippen LogP contribution in [-0.2, 0) is 20.9 Å². The summed E-state index contributed by atoms with van der Waals surface area (Å²) in [6, 6.07) is 6.89. The van der Waals surface area contributed by atoms with Gasteiger partial charge in [-0.25, -0.2) is 4.79 Å². The Kier molecular flexibility index (Phi) is 6.48. The summed E-state index contributed by atoms with van der Waals surface area (Å²) >= 11 is 0. The van der Waals surface area contributed by atoms with E-state index in [4.69, 9.17) is 9.15 Å². The molecule has 1 saturated heterocycles. The number of amides is 2. The van der Waals surface area contributed by atoms with Gasteiger partial charge in [0.05, 0.1) is 31.3 Å². The zero-order valence-electron chi connectivity index (χ0n) is 16.2. The number of oxazole rings is 1. The van der Waals surface area contributed by atoms with E-state index in [-0.39, 0.29) is 24.4 Å². The van der Waals surface area contributed by atoms with Crippen molar-refractivity contribution in [2.75, 3.05) is 46.9 Å². The molecule has 1 N–H and O–H groups in total. The van der Waals surface area contributed by atoms with E-state index in [9.17, 15) is 14.4 Å². The fourth-order valence-corrected chi connectivity index (χ4v) is 3.33. The van der Waals surface area contributed by atoms with Gasteiger partial charge in [0, 0.05) is 13.1 Å². The van der Waals surface area contributed by atoms with Crippen molar-refractivity contribution in [3.05, 3.63) is 34.8 Å². The molecule has 1 aliphatic heterocycles. The highest BCUT2D eigenvalue weighted by atomic mass is 16.5. The lowest BCUT2D eigenvalue weighted by atomic mass is 10.1. The summed E-state index contributed by atoms with van der Waals surface area (Å²) in [7, 11) is 3.66. The predicted octanol–water partition coefficient (Wildman–Crippen LogP) is -0.110. The molecule has 0 spiro atoms. The molecule has 1 aromatic heterocycles. The van der Waals surface area contributed by atoms with Crippen molar-refractivity contribution in [3.8, 4) is 0 Å². The van der Waals surface area contributed by atoms with E-state index in [1.54, 1.807) is 34.1 Å². The first-order valence-electron chi connectivity index (χ1n) is 9.32. The topological polar surface area (TPSA) is 97.0 Å². The van der Waals surface area contributed by atoms with Gasteiger partial charge in [-0.3, -0.25) is 14.2 Å². The van der Waals surface area contributed by atoms with Crippen LogP contribution < -0.4 is 11.1 Å². The van der Waals surface area contributed by atoms with Crippen molar-refractivity contribution >= 4 is 22.9 Å². The van der Waals surface area contributed by atoms with Crippen LogP contribution in [0.15, 0.2) is 33.5 Å². The number of fused-ring (bicyclic) bond motifs is 1. The fraction of sp³-hybridized carbons (Fsp3) is 0.526. The molecular weight excluding hydrogens is 364 g/mol. The van der Waals surface area contributed by atoms with Gasteiger partial charge in [0.15, 0.2) is 5.58 Å². The van der Waals surface area contributed by atoms with Gasteiger partial charge in [0.25, 0.3) is 0 Å². The number of nitrogens with one attached hydrogen (secondary N) is 1. The summed E-state index contributed by atoms with van der Waals surface area (Å²) < 4.78 is 12.1. The summed E-state index contributed by atoms with van der Waals surface area (Å²) in [5.74, 6) is -0.770. The van der Waals surface area contributed by atoms with E-state index in [1.807, 2.05) is 14.1 Å². The number of hydrogen-bond acceptors (Lipinski definition) is 6. The van der Waals surface area contributed by atoms with Gasteiger partial charge >= 0.3 is 5.76 Å². The Morgan fingerprint density at radius 1 is 1.29 bits per heavy atom. The molecule has 9 nitrogen and oxygen atoms in total. The van der Waals surface area contributed by atoms with Crippen LogP contribution in [0.5, 0.6) is 0 Å². The van der Waals surface area contributed by atoms with Crippen LogP contribution in [0, 0.1) is 0 Å². The monoisotopic (exact) mass is 390 g/mol. The normalized spacial score (nSPS) is 17.2. The minimum Gasteiger partial charge on any atom is -0.408 e. The number of morpholine rings is 1. The maximum absolute atomic E-state index is 12.9. The van der Waals surface area contributed by atoms with E-state index in [2.05, 4.69) is 5.32 Å². The second kappa shape index (κ2) is 9.03. The molecule has 1 unspecified atom stereocenters. The number of benzene rings is 1. The van der Waals surface area contributed by atoms with Crippen LogP contribution in [0.3, 0.4) is 0 Å². The highest BCUT2D eigenvalue weighted by Crippen LogP contribution is 2.15. The number of ether oxygens (including phenoxy) is 1. The lowest BCUT2D eigenvalue weighted by Gasteiger charge is -2.35. The SMILES string of the molecule is CN(C)CC(=O)NCCC1COCCN1C(=O)Cn1c(=O)oc2ccccc21. The smallest absolute Gasteiger partial charge is 0.408 e. The number of likely N-dealkylation sites (N-methyl/N-ethyl adjacent to an activating group) is 1. The van der Waals surface area contributed by atoms with Gasteiger partial charge in [-0.15, -0.1) is 0 Å². The van der Waals surface area contributed by atoms with Gasteiger partial charge in [0.1, 0.15) is 6.54 Å². The van der Waals surface area contributed by atoms with Crippen molar-refractivity contribution < 1.29 is 18.7 Å². The van der Waals surface area contributed by atoms with Crippen LogP contribution in [0.1, 0.15) is 6.42 Å². The molecule has 2 heterocycles. The molecule has 0 saturated carbocycles. The lowest BCUT2D eigenvalue weighted by molar-refractivity contribution is -0.140. The first kappa shape index (κ1) is 20.1. The number of nitrogens with zero attached hydrogens (tertiary/aromatic N) is 3. The summed E-state index contributed by atoms with van der Waals surface area (Å²) in [6.07, 6.45) is 0.589. The molecule has 1 aromatic carbocycles. The molecule has 1 fully saturated rings. The number of hydrogen-bond donors (Lipinski definition) is 1. The largest absolute Gasteiger partial charge is 0.420 e. The molecule has 2 amide bonds. The lowest BCUT2D eigenvalue weighted by Crippen LogP contribution is -2.51. The van der Waals surface area contributed by atoms with Crippen molar-refractivity contribution in [2.24, 2.45) is 0 Å². The van der Waals surface area contributed by atoms with E-state index >= 15 is 0 Å². The van der Waals surface area contributed by atoms with E-state index < -0.39 is 5.76 Å². The second-order valence-electron chi connectivity index (χ2n) is 7.11. The van der Waals surface area contributed by atoms with Gasteiger partial charge in [-0.1, -0.05) is 12.1 Å². The zero-order valence-corrected chi connectivity index (χ0v) is 16.2. The third-order valence-electron chi connectivity index (χ3n) is 4.67. The first-order valence-corrected chi connectivity index (χ1v) is 9.32. The third kappa shape index (κ3) is 4.79. The summed E-state index contributed by atoms with van der Waals surface area (Å²) in [5, 5.41) is 2.86. The molecule has 28 heavy (non-hydrogen) atoms. The zero-order chi connectivity index (χ0) is 20.1. The van der Waals surface area contributed by atoms with E-state index in [0.29, 0.717) is 50.4 Å². The first-order chi connectivity index (χ1) is 13.5. The summed E-state index contributed by atoms with van der Waals surface area (Å²) in [6.45, 7) is 2.02. The molecule has 3 rings (SSSR count). The maximum Gasteiger partial charge on any atom is 0.420 e. The summed E-state index contributed by atoms with van der Waals surface area (Å²) in [4.78, 5) is 40.3. The number of carbonyl (C=O) groups is 2. The van der Waals surface area contributed by atoms with Crippen LogP contribution in [0.2, 0.25) is 0 Å². The quantitative estimate of drug-likeness (QED) is 0.709. The Balaban J connectivity index is 1.63. The Labute approximate surface area is 162 Å². The molecule has 0 bridgehead atoms. The predicted molar refractivity (Wildman–Crippen MR) is 103 cm³/mol. The maximum atomic E-state index is 12.9. The Morgan fingerprint density at radius 2 is 2.07 bits per heavy atom. The molecule has 2 aromatic rings. The number of aromatic nitrogens is 1. The minimum absolute atomic E-state index is 0.0592. The van der Waals surface area contributed by atoms with Gasteiger partial charge in [0.2, 0.25) is 11.8 Å². The van der Waals surface area contributed by atoms with E-state index in [0.717, 1.165) is 0 Å². The number of rotatable bonds is 7. The standard InChI is InChI=1S/C19H26N4O5/c1-21(2)11-17(24)20-8-7-14-13-27-10-9-22(14)18(25)12-23-15-5-3-4-6-16(15)28-19(23)26/h3-6,14H,7-13H2,1-2H3,(H,20,24). The molecule has 152 valence electrons. The molecule has 1 atom stereocenters. The number of carbonyl (C=O) groups excluding carboxylic acids is 2. The molecule has 0 aliphatic carbocycles. The second-order valence-corrected chi connectivity index (χ2v) is 7.11. The van der Waals surface area contributed by atoms with Crippen LogP contribution >= 0.6 is 0 Å².